The highest BCUT2D eigenvalue weighted by Crippen LogP contribution is 2.26. The lowest BCUT2D eigenvalue weighted by Crippen LogP contribution is -2.39. The van der Waals surface area contributed by atoms with E-state index >= 15 is 0 Å². The van der Waals surface area contributed by atoms with Crippen LogP contribution in [0.25, 0.3) is 0 Å². The minimum Gasteiger partial charge on any atom is -0.284 e. The van der Waals surface area contributed by atoms with Gasteiger partial charge in [0.15, 0.2) is 0 Å². The summed E-state index contributed by atoms with van der Waals surface area (Å²) in [4.78, 5) is 5.23. The van der Waals surface area contributed by atoms with Crippen LogP contribution in [0, 0.1) is 5.92 Å². The van der Waals surface area contributed by atoms with Crippen molar-refractivity contribution in [1.82, 2.24) is 4.47 Å². The molecule has 0 radical (unpaired) electrons. The SMILES string of the molecule is O=S(=O)(CC1CCCCC1)N1CCCCO1. The Balaban J connectivity index is 1.90. The van der Waals surface area contributed by atoms with E-state index in [0.29, 0.717) is 19.1 Å². The molecule has 0 aromatic heterocycles. The van der Waals surface area contributed by atoms with Gasteiger partial charge >= 0.3 is 0 Å². The monoisotopic (exact) mass is 247 g/mol. The molecular weight excluding hydrogens is 226 g/mol. The fourth-order valence-corrected chi connectivity index (χ4v) is 4.27. The standard InChI is InChI=1S/C11H21NO3S/c13-16(14,12-8-4-5-9-15-12)10-11-6-2-1-3-7-11/h11H,1-10H2. The Morgan fingerprint density at radius 1 is 1.06 bits per heavy atom. The first-order valence-electron chi connectivity index (χ1n) is 6.32. The molecule has 0 spiro atoms. The van der Waals surface area contributed by atoms with Gasteiger partial charge in [-0.25, -0.2) is 8.42 Å². The lowest BCUT2D eigenvalue weighted by molar-refractivity contribution is -0.109. The van der Waals surface area contributed by atoms with Crippen LogP contribution in [-0.4, -0.2) is 31.8 Å². The van der Waals surface area contributed by atoms with E-state index in [1.54, 1.807) is 0 Å². The van der Waals surface area contributed by atoms with Gasteiger partial charge in [-0.3, -0.25) is 4.84 Å². The van der Waals surface area contributed by atoms with Crippen molar-refractivity contribution in [3.63, 3.8) is 0 Å². The molecule has 16 heavy (non-hydrogen) atoms. The molecule has 0 atom stereocenters. The van der Waals surface area contributed by atoms with Crippen molar-refractivity contribution >= 4 is 10.0 Å². The van der Waals surface area contributed by atoms with Gasteiger partial charge < -0.3 is 0 Å². The van der Waals surface area contributed by atoms with E-state index in [1.807, 2.05) is 0 Å². The van der Waals surface area contributed by atoms with Gasteiger partial charge in [0.2, 0.25) is 10.0 Å². The molecule has 1 saturated heterocycles. The first-order chi connectivity index (χ1) is 7.68. The number of hydrogen-bond donors (Lipinski definition) is 0. The minimum absolute atomic E-state index is 0.285. The highest BCUT2D eigenvalue weighted by Gasteiger charge is 2.29. The molecule has 2 rings (SSSR count). The number of hydrogen-bond acceptors (Lipinski definition) is 3. The van der Waals surface area contributed by atoms with E-state index in [9.17, 15) is 8.42 Å². The van der Waals surface area contributed by atoms with E-state index < -0.39 is 10.0 Å². The predicted octanol–water partition coefficient (Wildman–Crippen LogP) is 1.92. The second-order valence-corrected chi connectivity index (χ2v) is 6.75. The minimum atomic E-state index is -3.17. The van der Waals surface area contributed by atoms with Crippen molar-refractivity contribution in [1.29, 1.82) is 0 Å². The second kappa shape index (κ2) is 5.47. The highest BCUT2D eigenvalue weighted by atomic mass is 32.2. The average molecular weight is 247 g/mol. The fourth-order valence-electron chi connectivity index (χ4n) is 2.53. The van der Waals surface area contributed by atoms with Crippen LogP contribution in [0.3, 0.4) is 0 Å². The molecule has 94 valence electrons. The maximum absolute atomic E-state index is 12.1. The normalized spacial score (nSPS) is 25.8. The number of hydroxylamine groups is 1. The van der Waals surface area contributed by atoms with Gasteiger partial charge in [0.1, 0.15) is 0 Å². The fraction of sp³-hybridized carbons (Fsp3) is 1.00. The van der Waals surface area contributed by atoms with Crippen LogP contribution in [0.5, 0.6) is 0 Å². The predicted molar refractivity (Wildman–Crippen MR) is 62.3 cm³/mol. The lowest BCUT2D eigenvalue weighted by atomic mass is 9.91. The van der Waals surface area contributed by atoms with Crippen molar-refractivity contribution in [2.45, 2.75) is 44.9 Å². The van der Waals surface area contributed by atoms with Gasteiger partial charge in [0.05, 0.1) is 12.4 Å². The van der Waals surface area contributed by atoms with Crippen molar-refractivity contribution in [3.05, 3.63) is 0 Å². The molecule has 0 bridgehead atoms. The summed E-state index contributed by atoms with van der Waals surface area (Å²) in [5.74, 6) is 0.636. The molecule has 4 nitrogen and oxygen atoms in total. The molecule has 0 aromatic rings. The first kappa shape index (κ1) is 12.3. The Morgan fingerprint density at radius 3 is 2.44 bits per heavy atom. The summed E-state index contributed by atoms with van der Waals surface area (Å²) in [5.41, 5.74) is 0. The number of sulfonamides is 1. The summed E-state index contributed by atoms with van der Waals surface area (Å²) in [5, 5.41) is 0. The highest BCUT2D eigenvalue weighted by molar-refractivity contribution is 7.88. The van der Waals surface area contributed by atoms with Gasteiger partial charge in [0.25, 0.3) is 0 Å². The molecule has 1 saturated carbocycles. The lowest BCUT2D eigenvalue weighted by Gasteiger charge is -2.28. The van der Waals surface area contributed by atoms with Crippen LogP contribution < -0.4 is 0 Å². The largest absolute Gasteiger partial charge is 0.284 e. The Morgan fingerprint density at radius 2 is 1.81 bits per heavy atom. The number of rotatable bonds is 3. The summed E-state index contributed by atoms with van der Waals surface area (Å²) in [6, 6.07) is 0. The summed E-state index contributed by atoms with van der Waals surface area (Å²) >= 11 is 0. The zero-order valence-electron chi connectivity index (χ0n) is 9.73. The summed E-state index contributed by atoms with van der Waals surface area (Å²) in [7, 11) is -3.17. The van der Waals surface area contributed by atoms with Gasteiger partial charge in [0, 0.05) is 6.54 Å². The van der Waals surface area contributed by atoms with Crippen LogP contribution in [0.1, 0.15) is 44.9 Å². The van der Waals surface area contributed by atoms with Gasteiger partial charge in [-0.1, -0.05) is 23.7 Å². The topological polar surface area (TPSA) is 46.6 Å². The first-order valence-corrected chi connectivity index (χ1v) is 7.93. The van der Waals surface area contributed by atoms with E-state index in [0.717, 1.165) is 25.7 Å². The Hall–Kier alpha value is -0.130. The smallest absolute Gasteiger partial charge is 0.236 e. The van der Waals surface area contributed by atoms with Gasteiger partial charge in [-0.15, -0.1) is 0 Å². The zero-order chi connectivity index (χ0) is 11.4. The molecule has 0 N–H and O–H groups in total. The molecule has 0 unspecified atom stereocenters. The van der Waals surface area contributed by atoms with E-state index in [1.165, 1.54) is 23.7 Å². The van der Waals surface area contributed by atoms with E-state index in [2.05, 4.69) is 0 Å². The molecule has 0 aromatic carbocycles. The Bertz CT molecular complexity index is 303. The van der Waals surface area contributed by atoms with Crippen LogP contribution in [0.2, 0.25) is 0 Å². The second-order valence-electron chi connectivity index (χ2n) is 4.85. The van der Waals surface area contributed by atoms with E-state index in [-0.39, 0.29) is 5.75 Å². The Kier molecular flexibility index (Phi) is 4.21. The molecule has 2 aliphatic rings. The third-order valence-electron chi connectivity index (χ3n) is 3.45. The molecule has 0 amide bonds. The summed E-state index contributed by atoms with van der Waals surface area (Å²) in [6.07, 6.45) is 7.64. The van der Waals surface area contributed by atoms with Gasteiger partial charge in [-0.05, 0) is 31.6 Å². The third-order valence-corrected chi connectivity index (χ3v) is 5.25. The van der Waals surface area contributed by atoms with Crippen molar-refractivity contribution in [2.24, 2.45) is 5.92 Å². The third kappa shape index (κ3) is 3.18. The van der Waals surface area contributed by atoms with Gasteiger partial charge in [-0.2, -0.15) is 0 Å². The maximum Gasteiger partial charge on any atom is 0.236 e. The molecular formula is C11H21NO3S. The molecule has 1 aliphatic carbocycles. The Labute approximate surface area is 98.0 Å². The number of nitrogens with zero attached hydrogens (tertiary/aromatic N) is 1. The zero-order valence-corrected chi connectivity index (χ0v) is 10.5. The molecule has 1 heterocycles. The quantitative estimate of drug-likeness (QED) is 0.765. The maximum atomic E-state index is 12.1. The van der Waals surface area contributed by atoms with Crippen LogP contribution in [0.15, 0.2) is 0 Å². The summed E-state index contributed by atoms with van der Waals surface area (Å²) in [6.45, 7) is 1.08. The summed E-state index contributed by atoms with van der Waals surface area (Å²) < 4.78 is 25.3. The molecule has 1 aliphatic heterocycles. The van der Waals surface area contributed by atoms with Crippen LogP contribution in [0.4, 0.5) is 0 Å². The molecule has 2 fully saturated rings. The van der Waals surface area contributed by atoms with E-state index in [4.69, 9.17) is 4.84 Å². The van der Waals surface area contributed by atoms with Crippen LogP contribution in [-0.2, 0) is 14.9 Å². The molecule has 5 heteroatoms. The van der Waals surface area contributed by atoms with Crippen molar-refractivity contribution in [3.8, 4) is 0 Å². The van der Waals surface area contributed by atoms with Crippen molar-refractivity contribution in [2.75, 3.05) is 18.9 Å². The average Bonchev–Trinajstić information content (AvgIpc) is 2.31. The van der Waals surface area contributed by atoms with Crippen molar-refractivity contribution < 1.29 is 13.3 Å². The van der Waals surface area contributed by atoms with Crippen LogP contribution >= 0.6 is 0 Å².